The van der Waals surface area contributed by atoms with Crippen LogP contribution < -0.4 is 15.4 Å². The molecule has 2 aromatic carbocycles. The molecule has 1 fully saturated rings. The summed E-state index contributed by atoms with van der Waals surface area (Å²) in [5, 5.41) is 17.8. The monoisotopic (exact) mass is 498 g/mol. The molecule has 2 N–H and O–H groups in total. The quantitative estimate of drug-likeness (QED) is 0.414. The molecule has 192 valence electrons. The van der Waals surface area contributed by atoms with Crippen LogP contribution in [0.15, 0.2) is 60.9 Å². The molecule has 0 unspecified atom stereocenters. The molecule has 1 heterocycles. The lowest BCUT2D eigenvalue weighted by Gasteiger charge is -2.45. The van der Waals surface area contributed by atoms with Gasteiger partial charge in [-0.1, -0.05) is 24.8 Å². The predicted molar refractivity (Wildman–Crippen MR) is 145 cm³/mol. The van der Waals surface area contributed by atoms with Gasteiger partial charge in [0, 0.05) is 41.5 Å². The van der Waals surface area contributed by atoms with Crippen molar-refractivity contribution in [2.24, 2.45) is 0 Å². The number of anilines is 1. The minimum absolute atomic E-state index is 0.0728. The molecule has 0 saturated heterocycles. The van der Waals surface area contributed by atoms with E-state index in [-0.39, 0.29) is 23.3 Å². The van der Waals surface area contributed by atoms with Crippen LogP contribution in [0.3, 0.4) is 0 Å². The summed E-state index contributed by atoms with van der Waals surface area (Å²) in [6.45, 7) is 6.66. The molecule has 4 rings (SSSR count). The number of aromatic nitrogens is 2. The van der Waals surface area contributed by atoms with Gasteiger partial charge in [-0.15, -0.1) is 0 Å². The van der Waals surface area contributed by atoms with Crippen molar-refractivity contribution in [3.05, 3.63) is 72.3 Å². The summed E-state index contributed by atoms with van der Waals surface area (Å²) >= 11 is 0. The second kappa shape index (κ2) is 11.4. The molecular formula is C29H34N6O2. The van der Waals surface area contributed by atoms with Crippen LogP contribution in [-0.4, -0.2) is 54.1 Å². The normalized spacial score (nSPS) is 19.3. The summed E-state index contributed by atoms with van der Waals surface area (Å²) in [6.07, 6.45) is 6.64. The predicted octanol–water partition coefficient (Wildman–Crippen LogP) is 4.65. The van der Waals surface area contributed by atoms with Gasteiger partial charge < -0.3 is 15.4 Å². The van der Waals surface area contributed by atoms with Gasteiger partial charge in [0.2, 0.25) is 5.82 Å². The van der Waals surface area contributed by atoms with Gasteiger partial charge in [0.25, 0.3) is 5.91 Å². The first kappa shape index (κ1) is 26.1. The molecule has 0 bridgehead atoms. The number of fused-ring (bicyclic) bond motifs is 1. The van der Waals surface area contributed by atoms with Crippen LogP contribution in [0.5, 0.6) is 5.75 Å². The Morgan fingerprint density at radius 2 is 1.92 bits per heavy atom. The fraction of sp³-hybridized carbons (Fsp3) is 0.379. The van der Waals surface area contributed by atoms with E-state index in [0.29, 0.717) is 18.7 Å². The third-order valence-corrected chi connectivity index (χ3v) is 7.23. The Bertz CT molecular complexity index is 1310. The lowest BCUT2D eigenvalue weighted by molar-refractivity contribution is 0.0754. The van der Waals surface area contributed by atoms with Gasteiger partial charge in [-0.3, -0.25) is 9.69 Å². The number of carbonyl (C=O) groups excluding carboxylic acids is 1. The number of amides is 1. The van der Waals surface area contributed by atoms with Gasteiger partial charge in [0.1, 0.15) is 5.75 Å². The van der Waals surface area contributed by atoms with Crippen LogP contribution in [-0.2, 0) is 5.54 Å². The standard InChI is InChI=1S/C29H34N6O2/c1-5-37-25-10-8-21-7-9-22(17-24(21)26(25)33-19-20(2)18-30)29(35(3)4)13-11-23(12-14-29)34-28(36)27-31-15-6-16-32-27/h6-10,15-17,23,33H,2,5,11-14,19H2,1,3-4H3,(H,34,36). The Kier molecular flexibility index (Phi) is 8.04. The van der Waals surface area contributed by atoms with Gasteiger partial charge in [0.05, 0.1) is 18.4 Å². The molecule has 1 saturated carbocycles. The van der Waals surface area contributed by atoms with Crippen molar-refractivity contribution in [2.75, 3.05) is 32.6 Å². The molecule has 8 heteroatoms. The van der Waals surface area contributed by atoms with E-state index < -0.39 is 0 Å². The number of nitriles is 1. The molecule has 0 radical (unpaired) electrons. The zero-order chi connectivity index (χ0) is 26.4. The van der Waals surface area contributed by atoms with Crippen molar-refractivity contribution in [2.45, 2.75) is 44.2 Å². The van der Waals surface area contributed by atoms with Gasteiger partial charge in [-0.25, -0.2) is 9.97 Å². The number of hydrogen-bond acceptors (Lipinski definition) is 7. The zero-order valence-electron chi connectivity index (χ0n) is 21.8. The van der Waals surface area contributed by atoms with Crippen molar-refractivity contribution in [3.63, 3.8) is 0 Å². The van der Waals surface area contributed by atoms with E-state index in [1.165, 1.54) is 5.56 Å². The maximum Gasteiger partial charge on any atom is 0.289 e. The lowest BCUT2D eigenvalue weighted by atomic mass is 9.73. The number of hydrogen-bond donors (Lipinski definition) is 2. The SMILES string of the molecule is C=C(C#N)CNc1c(OCC)ccc2ccc(C3(N(C)C)CCC(NC(=O)c4ncccn4)CC3)cc12. The fourth-order valence-electron chi connectivity index (χ4n) is 5.18. The number of ether oxygens (including phenoxy) is 1. The van der Waals surface area contributed by atoms with Crippen molar-refractivity contribution < 1.29 is 9.53 Å². The maximum atomic E-state index is 12.6. The van der Waals surface area contributed by atoms with E-state index in [9.17, 15) is 10.1 Å². The van der Waals surface area contributed by atoms with Crippen LogP contribution in [0.25, 0.3) is 10.8 Å². The second-order valence-corrected chi connectivity index (χ2v) is 9.62. The van der Waals surface area contributed by atoms with Crippen molar-refractivity contribution >= 4 is 22.4 Å². The largest absolute Gasteiger partial charge is 0.492 e. The molecule has 0 aliphatic heterocycles. The summed E-state index contributed by atoms with van der Waals surface area (Å²) in [6, 6.07) is 14.5. The molecule has 3 aromatic rings. The fourth-order valence-corrected chi connectivity index (χ4v) is 5.18. The van der Waals surface area contributed by atoms with E-state index in [0.717, 1.165) is 47.9 Å². The molecule has 1 aromatic heterocycles. The Hall–Kier alpha value is -3.96. The summed E-state index contributed by atoms with van der Waals surface area (Å²) in [7, 11) is 4.24. The summed E-state index contributed by atoms with van der Waals surface area (Å²) in [4.78, 5) is 23.0. The van der Waals surface area contributed by atoms with Crippen LogP contribution >= 0.6 is 0 Å². The first-order chi connectivity index (χ1) is 17.9. The average Bonchev–Trinajstić information content (AvgIpc) is 2.92. The number of nitrogens with one attached hydrogen (secondary N) is 2. The van der Waals surface area contributed by atoms with Gasteiger partial charge in [0.15, 0.2) is 0 Å². The first-order valence-electron chi connectivity index (χ1n) is 12.6. The maximum absolute atomic E-state index is 12.6. The van der Waals surface area contributed by atoms with Crippen molar-refractivity contribution in [1.29, 1.82) is 5.26 Å². The van der Waals surface area contributed by atoms with Crippen LogP contribution in [0.2, 0.25) is 0 Å². The van der Waals surface area contributed by atoms with Crippen molar-refractivity contribution in [1.82, 2.24) is 20.2 Å². The molecule has 0 spiro atoms. The van der Waals surface area contributed by atoms with E-state index >= 15 is 0 Å². The Morgan fingerprint density at radius 3 is 2.57 bits per heavy atom. The van der Waals surface area contributed by atoms with Crippen molar-refractivity contribution in [3.8, 4) is 11.8 Å². The Balaban J connectivity index is 1.62. The number of carbonyl (C=O) groups is 1. The highest BCUT2D eigenvalue weighted by atomic mass is 16.5. The third kappa shape index (κ3) is 5.57. The number of nitrogens with zero attached hydrogens (tertiary/aromatic N) is 4. The summed E-state index contributed by atoms with van der Waals surface area (Å²) < 4.78 is 5.92. The highest BCUT2D eigenvalue weighted by Crippen LogP contribution is 2.43. The van der Waals surface area contributed by atoms with Gasteiger partial charge in [-0.2, -0.15) is 5.26 Å². The minimum Gasteiger partial charge on any atom is -0.492 e. The number of rotatable bonds is 9. The molecule has 37 heavy (non-hydrogen) atoms. The minimum atomic E-state index is -0.230. The Labute approximate surface area is 218 Å². The lowest BCUT2D eigenvalue weighted by Crippen LogP contribution is -2.48. The molecule has 8 nitrogen and oxygen atoms in total. The number of benzene rings is 2. The Morgan fingerprint density at radius 1 is 1.22 bits per heavy atom. The van der Waals surface area contributed by atoms with Crippen LogP contribution in [0.1, 0.15) is 48.8 Å². The van der Waals surface area contributed by atoms with Crippen LogP contribution in [0.4, 0.5) is 5.69 Å². The molecule has 1 aliphatic carbocycles. The summed E-state index contributed by atoms with van der Waals surface area (Å²) in [5.41, 5.74) is 2.38. The highest BCUT2D eigenvalue weighted by molar-refractivity contribution is 5.97. The van der Waals surface area contributed by atoms with E-state index in [1.807, 2.05) is 13.0 Å². The van der Waals surface area contributed by atoms with E-state index in [1.54, 1.807) is 18.5 Å². The highest BCUT2D eigenvalue weighted by Gasteiger charge is 2.39. The smallest absolute Gasteiger partial charge is 0.289 e. The molecule has 1 aliphatic rings. The van der Waals surface area contributed by atoms with E-state index in [2.05, 4.69) is 76.5 Å². The average molecular weight is 499 g/mol. The van der Waals surface area contributed by atoms with Crippen LogP contribution in [0, 0.1) is 11.3 Å². The third-order valence-electron chi connectivity index (χ3n) is 7.23. The van der Waals surface area contributed by atoms with E-state index in [4.69, 9.17) is 4.74 Å². The zero-order valence-corrected chi connectivity index (χ0v) is 21.8. The summed E-state index contributed by atoms with van der Waals surface area (Å²) in [5.74, 6) is 0.726. The molecular weight excluding hydrogens is 464 g/mol. The topological polar surface area (TPSA) is 103 Å². The molecule has 1 amide bonds. The molecule has 0 atom stereocenters. The van der Waals surface area contributed by atoms with Gasteiger partial charge >= 0.3 is 0 Å². The second-order valence-electron chi connectivity index (χ2n) is 9.62. The first-order valence-corrected chi connectivity index (χ1v) is 12.6. The van der Waals surface area contributed by atoms with Gasteiger partial charge in [-0.05, 0) is 75.9 Å².